The average molecular weight is 280 g/mol. The van der Waals surface area contributed by atoms with Crippen LogP contribution in [0.2, 0.25) is 0 Å². The van der Waals surface area contributed by atoms with Crippen molar-refractivity contribution in [1.29, 1.82) is 1.12 Å². The molecule has 1 saturated carbocycles. The Morgan fingerprint density at radius 2 is 2.32 bits per heavy atom. The van der Waals surface area contributed by atoms with Crippen LogP contribution < -0.4 is 5.73 Å². The van der Waals surface area contributed by atoms with Crippen molar-refractivity contribution in [1.82, 2.24) is 4.98 Å². The fourth-order valence-corrected chi connectivity index (χ4v) is 3.54. The quantitative estimate of drug-likeness (QED) is 0.620. The number of pyridine rings is 1. The van der Waals surface area contributed by atoms with Crippen LogP contribution in [0.15, 0.2) is 18.3 Å². The number of nitrogens with two attached hydrogens (primary N) is 1. The van der Waals surface area contributed by atoms with Crippen LogP contribution in [0.4, 0.5) is 5.69 Å². The van der Waals surface area contributed by atoms with Crippen molar-refractivity contribution in [2.45, 2.75) is 25.0 Å². The minimum atomic E-state index is -0.785. The van der Waals surface area contributed by atoms with Gasteiger partial charge in [-0.3, -0.25) is 4.98 Å². The lowest BCUT2D eigenvalue weighted by Crippen LogP contribution is -2.29. The summed E-state index contributed by atoms with van der Waals surface area (Å²) in [4.78, 5) is 4.39. The lowest BCUT2D eigenvalue weighted by Gasteiger charge is -2.18. The van der Waals surface area contributed by atoms with Crippen molar-refractivity contribution >= 4 is 23.8 Å². The summed E-state index contributed by atoms with van der Waals surface area (Å²) < 4.78 is 7.22. The molecule has 0 bridgehead atoms. The van der Waals surface area contributed by atoms with Crippen molar-refractivity contribution in [2.75, 3.05) is 11.5 Å². The molecule has 5 heteroatoms. The van der Waals surface area contributed by atoms with Gasteiger partial charge in [-0.2, -0.15) is 12.5 Å². The minimum absolute atomic E-state index is 0.0384. The van der Waals surface area contributed by atoms with Gasteiger partial charge in [0.2, 0.25) is 0 Å². The molecule has 0 spiro atoms. The third-order valence-electron chi connectivity index (χ3n) is 4.31. The lowest BCUT2D eigenvalue weighted by atomic mass is 9.93. The van der Waals surface area contributed by atoms with Crippen molar-refractivity contribution in [3.05, 3.63) is 29.6 Å². The molecule has 0 aromatic carbocycles. The maximum absolute atomic E-state index is 10.3. The molecule has 4 atom stereocenters. The number of aliphatic hydroxyl groups is 2. The highest BCUT2D eigenvalue weighted by atomic mass is 32.1. The molecule has 2 aliphatic rings. The number of rotatable bonds is 3. The average Bonchev–Trinajstić information content (AvgIpc) is 2.97. The first-order chi connectivity index (χ1) is 9.63. The van der Waals surface area contributed by atoms with Gasteiger partial charge in [0, 0.05) is 23.4 Å². The van der Waals surface area contributed by atoms with E-state index < -0.39 is 12.2 Å². The fourth-order valence-electron chi connectivity index (χ4n) is 3.21. The van der Waals surface area contributed by atoms with Gasteiger partial charge in [-0.15, -0.1) is 0 Å². The maximum atomic E-state index is 10.3. The van der Waals surface area contributed by atoms with Crippen molar-refractivity contribution in [3.63, 3.8) is 0 Å². The first-order valence-electron chi connectivity index (χ1n) is 6.92. The van der Waals surface area contributed by atoms with Crippen LogP contribution in [-0.2, 0) is 6.42 Å². The number of hydrogen-bond acceptors (Lipinski definition) is 5. The number of hydrogen-bond donors (Lipinski definition) is 4. The number of anilines is 1. The molecular formula is C14H18N2O2S. The van der Waals surface area contributed by atoms with Gasteiger partial charge < -0.3 is 15.9 Å². The highest BCUT2D eigenvalue weighted by Crippen LogP contribution is 2.44. The summed E-state index contributed by atoms with van der Waals surface area (Å²) in [5.41, 5.74) is 9.56. The van der Waals surface area contributed by atoms with E-state index in [9.17, 15) is 10.2 Å². The Bertz CT molecular complexity index is 552. The highest BCUT2D eigenvalue weighted by molar-refractivity contribution is 7.80. The molecule has 1 heterocycles. The molecule has 0 amide bonds. The largest absolute Gasteiger partial charge is 0.398 e. The van der Waals surface area contributed by atoms with Crippen LogP contribution >= 0.6 is 12.5 Å². The molecule has 1 unspecified atom stereocenters. The maximum Gasteiger partial charge on any atom is 0.102 e. The van der Waals surface area contributed by atoms with E-state index in [1.807, 2.05) is 0 Å². The van der Waals surface area contributed by atoms with Crippen LogP contribution in [0.3, 0.4) is 0 Å². The minimum Gasteiger partial charge on any atom is -0.398 e. The van der Waals surface area contributed by atoms with Gasteiger partial charge in [-0.05, 0) is 36.2 Å². The zero-order valence-electron chi connectivity index (χ0n) is 11.5. The SMILES string of the molecule is [3H]SC[C@H]1C[C@@H](C2=CCc3c(N)ccnc32)C(O)[C@H]1O. The molecule has 0 aliphatic heterocycles. The molecule has 2 aliphatic carbocycles. The lowest BCUT2D eigenvalue weighted by molar-refractivity contribution is 0.0161. The van der Waals surface area contributed by atoms with Crippen LogP contribution in [0.1, 0.15) is 17.7 Å². The Balaban J connectivity index is 1.88. The van der Waals surface area contributed by atoms with Gasteiger partial charge in [0.1, 0.15) is 1.12 Å². The second-order valence-corrected chi connectivity index (χ2v) is 5.67. The van der Waals surface area contributed by atoms with Gasteiger partial charge >= 0.3 is 0 Å². The number of nitrogen functional groups attached to an aromatic ring is 1. The van der Waals surface area contributed by atoms with Gasteiger partial charge in [0.15, 0.2) is 0 Å². The van der Waals surface area contributed by atoms with Gasteiger partial charge in [0.25, 0.3) is 0 Å². The van der Waals surface area contributed by atoms with E-state index in [0.717, 1.165) is 41.5 Å². The molecule has 0 radical (unpaired) electrons. The predicted octanol–water partition coefficient (Wildman–Crippen LogP) is 0.891. The zero-order valence-corrected chi connectivity index (χ0v) is 11.3. The summed E-state index contributed by atoms with van der Waals surface area (Å²) >= 11 is 0.961. The van der Waals surface area contributed by atoms with Gasteiger partial charge in [-0.25, -0.2) is 0 Å². The molecule has 1 aromatic heterocycles. The van der Waals surface area contributed by atoms with Crippen LogP contribution in [-0.4, -0.2) is 34.3 Å². The third-order valence-corrected chi connectivity index (χ3v) is 4.74. The van der Waals surface area contributed by atoms with E-state index in [2.05, 4.69) is 11.1 Å². The third kappa shape index (κ3) is 1.96. The van der Waals surface area contributed by atoms with E-state index in [0.29, 0.717) is 12.2 Å². The molecule has 19 heavy (non-hydrogen) atoms. The molecule has 3 rings (SSSR count). The number of nitrogens with zero attached hydrogens (tertiary/aromatic N) is 1. The Hall–Kier alpha value is -1.04. The molecule has 0 saturated heterocycles. The van der Waals surface area contributed by atoms with E-state index in [1.165, 1.54) is 0 Å². The second-order valence-electron chi connectivity index (χ2n) is 5.34. The summed E-state index contributed by atoms with van der Waals surface area (Å²) in [6.07, 6.45) is 3.63. The number of aromatic nitrogens is 1. The topological polar surface area (TPSA) is 79.4 Å². The Labute approximate surface area is 118 Å². The Morgan fingerprint density at radius 3 is 3.11 bits per heavy atom. The number of allylic oxidation sites excluding steroid dienone is 1. The molecule has 4 nitrogen and oxygen atoms in total. The first kappa shape index (κ1) is 11.8. The smallest absolute Gasteiger partial charge is 0.102 e. The molecule has 1 fully saturated rings. The van der Waals surface area contributed by atoms with E-state index >= 15 is 0 Å². The highest BCUT2D eigenvalue weighted by Gasteiger charge is 2.43. The summed E-state index contributed by atoms with van der Waals surface area (Å²) in [6.45, 7) is 0. The van der Waals surface area contributed by atoms with E-state index in [-0.39, 0.29) is 11.8 Å². The van der Waals surface area contributed by atoms with Gasteiger partial charge in [-0.1, -0.05) is 6.08 Å². The van der Waals surface area contributed by atoms with Crippen molar-refractivity contribution < 1.29 is 10.2 Å². The second kappa shape index (κ2) is 4.81. The number of thiol groups is 1. The van der Waals surface area contributed by atoms with Crippen LogP contribution in [0, 0.1) is 11.8 Å². The summed E-state index contributed by atoms with van der Waals surface area (Å²) in [6, 6.07) is 1.79. The van der Waals surface area contributed by atoms with Gasteiger partial charge in [0.05, 0.1) is 17.9 Å². The zero-order chi connectivity index (χ0) is 14.3. The van der Waals surface area contributed by atoms with Crippen molar-refractivity contribution in [3.8, 4) is 0 Å². The predicted molar refractivity (Wildman–Crippen MR) is 77.8 cm³/mol. The summed E-state index contributed by atoms with van der Waals surface area (Å²) in [5, 5.41) is 20.4. The Morgan fingerprint density at radius 1 is 1.47 bits per heavy atom. The normalized spacial score (nSPS) is 34.0. The monoisotopic (exact) mass is 280 g/mol. The Kier molecular flexibility index (Phi) is 2.98. The van der Waals surface area contributed by atoms with Crippen LogP contribution in [0.25, 0.3) is 5.57 Å². The fraction of sp³-hybridized carbons (Fsp3) is 0.500. The van der Waals surface area contributed by atoms with Crippen molar-refractivity contribution in [2.24, 2.45) is 11.8 Å². The molecule has 102 valence electrons. The van der Waals surface area contributed by atoms with Crippen LogP contribution in [0.5, 0.6) is 0 Å². The summed E-state index contributed by atoms with van der Waals surface area (Å²) in [7, 11) is 0. The standard InChI is InChI=1S/C14H18N2O2S/c15-11-3-4-16-12-8(1-2-9(11)12)10-5-7(6-19)13(17)14(10)18/h1,3-4,7,10,13-14,17-19H,2,5-6H2,(H2,15,16)/t7-,10+,13+,14?/m1/s1/i/hT. The van der Waals surface area contributed by atoms with E-state index in [1.54, 1.807) is 12.3 Å². The first-order valence-corrected chi connectivity index (χ1v) is 7.09. The van der Waals surface area contributed by atoms with E-state index in [4.69, 9.17) is 6.86 Å². The molecule has 1 aromatic rings. The molecular weight excluding hydrogens is 260 g/mol. The summed E-state index contributed by atoms with van der Waals surface area (Å²) in [5.74, 6) is 0.389. The molecule has 4 N–H and O–H groups in total. The number of fused-ring (bicyclic) bond motifs is 1. The number of aliphatic hydroxyl groups excluding tert-OH is 2.